The number of nitrogens with zero attached hydrogens (tertiary/aromatic N) is 1. The lowest BCUT2D eigenvalue weighted by atomic mass is 10.1. The minimum absolute atomic E-state index is 0.311. The van der Waals surface area contributed by atoms with Crippen LogP contribution >= 0.6 is 0 Å². The van der Waals surface area contributed by atoms with E-state index in [2.05, 4.69) is 0 Å². The smallest absolute Gasteiger partial charge is 0.323 e. The molecule has 0 radical (unpaired) electrons. The van der Waals surface area contributed by atoms with Gasteiger partial charge < -0.3 is 9.47 Å². The highest BCUT2D eigenvalue weighted by molar-refractivity contribution is 5.75. The summed E-state index contributed by atoms with van der Waals surface area (Å²) in [7, 11) is 0. The van der Waals surface area contributed by atoms with Crippen LogP contribution in [0.3, 0.4) is 0 Å². The van der Waals surface area contributed by atoms with Crippen molar-refractivity contribution in [3.8, 4) is 6.07 Å². The molecule has 0 aliphatic carbocycles. The molecule has 4 nitrogen and oxygen atoms in total. The van der Waals surface area contributed by atoms with Crippen molar-refractivity contribution in [1.82, 2.24) is 0 Å². The predicted molar refractivity (Wildman–Crippen MR) is 46.8 cm³/mol. The van der Waals surface area contributed by atoms with Crippen LogP contribution in [-0.2, 0) is 14.3 Å². The number of hydrogen-bond acceptors (Lipinski definition) is 4. The topological polar surface area (TPSA) is 59.3 Å². The summed E-state index contributed by atoms with van der Waals surface area (Å²) in [4.78, 5) is 11.1. The Morgan fingerprint density at radius 1 is 1.46 bits per heavy atom. The Morgan fingerprint density at radius 2 is 2.15 bits per heavy atom. The maximum Gasteiger partial charge on any atom is 0.323 e. The van der Waals surface area contributed by atoms with E-state index >= 15 is 0 Å². The number of nitriles is 1. The SMILES string of the molecule is CCOCCC(C#N)C(=O)OCC. The number of ether oxygens (including phenoxy) is 2. The van der Waals surface area contributed by atoms with E-state index in [1.165, 1.54) is 0 Å². The van der Waals surface area contributed by atoms with E-state index in [0.717, 1.165) is 0 Å². The Morgan fingerprint density at radius 3 is 2.62 bits per heavy atom. The molecule has 0 saturated heterocycles. The lowest BCUT2D eigenvalue weighted by Gasteiger charge is -2.07. The molecule has 74 valence electrons. The van der Waals surface area contributed by atoms with Gasteiger partial charge in [0.15, 0.2) is 0 Å². The normalized spacial score (nSPS) is 11.8. The number of carbonyl (C=O) groups is 1. The van der Waals surface area contributed by atoms with E-state index in [0.29, 0.717) is 26.2 Å². The first-order valence-corrected chi connectivity index (χ1v) is 4.40. The Hall–Kier alpha value is -1.08. The highest BCUT2D eigenvalue weighted by Crippen LogP contribution is 2.04. The summed E-state index contributed by atoms with van der Waals surface area (Å²) in [6.45, 7) is 4.92. The third-order valence-corrected chi connectivity index (χ3v) is 1.48. The van der Waals surface area contributed by atoms with E-state index in [1.807, 2.05) is 13.0 Å². The van der Waals surface area contributed by atoms with Crippen LogP contribution in [-0.4, -0.2) is 25.8 Å². The summed E-state index contributed by atoms with van der Waals surface area (Å²) in [5.41, 5.74) is 0. The van der Waals surface area contributed by atoms with Crippen LogP contribution in [0.4, 0.5) is 0 Å². The maximum atomic E-state index is 11.1. The molecule has 0 spiro atoms. The van der Waals surface area contributed by atoms with Crippen molar-refractivity contribution in [2.45, 2.75) is 20.3 Å². The van der Waals surface area contributed by atoms with Crippen LogP contribution < -0.4 is 0 Å². The van der Waals surface area contributed by atoms with Gasteiger partial charge in [-0.05, 0) is 20.3 Å². The van der Waals surface area contributed by atoms with Gasteiger partial charge in [0, 0.05) is 13.2 Å². The fourth-order valence-corrected chi connectivity index (χ4v) is 0.823. The Kier molecular flexibility index (Phi) is 6.93. The van der Waals surface area contributed by atoms with E-state index in [-0.39, 0.29) is 0 Å². The lowest BCUT2D eigenvalue weighted by molar-refractivity contribution is -0.146. The lowest BCUT2D eigenvalue weighted by Crippen LogP contribution is -2.18. The molecular formula is C9H15NO3. The fraction of sp³-hybridized carbons (Fsp3) is 0.778. The summed E-state index contributed by atoms with van der Waals surface area (Å²) in [6, 6.07) is 1.89. The van der Waals surface area contributed by atoms with Gasteiger partial charge >= 0.3 is 5.97 Å². The van der Waals surface area contributed by atoms with E-state index in [1.54, 1.807) is 6.92 Å². The Labute approximate surface area is 78.4 Å². The molecule has 1 unspecified atom stereocenters. The quantitative estimate of drug-likeness (QED) is 0.459. The largest absolute Gasteiger partial charge is 0.465 e. The second-order valence-corrected chi connectivity index (χ2v) is 2.42. The molecule has 0 fully saturated rings. The van der Waals surface area contributed by atoms with Gasteiger partial charge in [-0.15, -0.1) is 0 Å². The average molecular weight is 185 g/mol. The molecule has 0 heterocycles. The van der Waals surface area contributed by atoms with Crippen molar-refractivity contribution >= 4 is 5.97 Å². The monoisotopic (exact) mass is 185 g/mol. The number of carbonyl (C=O) groups excluding carboxylic acids is 1. The van der Waals surface area contributed by atoms with Crippen molar-refractivity contribution in [3.63, 3.8) is 0 Å². The molecule has 0 aromatic rings. The molecule has 0 aliphatic heterocycles. The summed E-state index contributed by atoms with van der Waals surface area (Å²) in [5, 5.41) is 8.62. The summed E-state index contributed by atoms with van der Waals surface area (Å²) in [6.07, 6.45) is 0.406. The minimum Gasteiger partial charge on any atom is -0.465 e. The van der Waals surface area contributed by atoms with E-state index in [4.69, 9.17) is 14.7 Å². The molecule has 0 saturated carbocycles. The Bertz CT molecular complexity index is 186. The van der Waals surface area contributed by atoms with Crippen molar-refractivity contribution in [2.24, 2.45) is 5.92 Å². The molecule has 1 atom stereocenters. The molecule has 0 aromatic carbocycles. The summed E-state index contributed by atoms with van der Waals surface area (Å²) in [5.74, 6) is -1.14. The van der Waals surface area contributed by atoms with Crippen molar-refractivity contribution in [1.29, 1.82) is 5.26 Å². The van der Waals surface area contributed by atoms with Crippen molar-refractivity contribution < 1.29 is 14.3 Å². The zero-order chi connectivity index (χ0) is 10.1. The van der Waals surface area contributed by atoms with Gasteiger partial charge in [-0.1, -0.05) is 0 Å². The summed E-state index contributed by atoms with van der Waals surface area (Å²) >= 11 is 0. The molecule has 0 N–H and O–H groups in total. The molecule has 0 aliphatic rings. The van der Waals surface area contributed by atoms with Gasteiger partial charge in [0.05, 0.1) is 12.7 Å². The van der Waals surface area contributed by atoms with Crippen LogP contribution in [0.2, 0.25) is 0 Å². The number of esters is 1. The second-order valence-electron chi connectivity index (χ2n) is 2.42. The third-order valence-electron chi connectivity index (χ3n) is 1.48. The first kappa shape index (κ1) is 11.9. The second kappa shape index (κ2) is 7.56. The number of rotatable bonds is 6. The molecule has 4 heteroatoms. The van der Waals surface area contributed by atoms with Crippen LogP contribution in [0.5, 0.6) is 0 Å². The highest BCUT2D eigenvalue weighted by Gasteiger charge is 2.18. The minimum atomic E-state index is -0.688. The van der Waals surface area contributed by atoms with Crippen molar-refractivity contribution in [3.05, 3.63) is 0 Å². The summed E-state index contributed by atoms with van der Waals surface area (Å²) < 4.78 is 9.74. The van der Waals surface area contributed by atoms with Crippen LogP contribution in [0.15, 0.2) is 0 Å². The van der Waals surface area contributed by atoms with Crippen LogP contribution in [0, 0.1) is 17.2 Å². The van der Waals surface area contributed by atoms with Gasteiger partial charge in [0.2, 0.25) is 0 Å². The zero-order valence-electron chi connectivity index (χ0n) is 8.08. The third kappa shape index (κ3) is 5.21. The first-order valence-electron chi connectivity index (χ1n) is 4.40. The molecule has 0 aromatic heterocycles. The maximum absolute atomic E-state index is 11.1. The van der Waals surface area contributed by atoms with Gasteiger partial charge in [0.25, 0.3) is 0 Å². The zero-order valence-corrected chi connectivity index (χ0v) is 8.08. The van der Waals surface area contributed by atoms with Crippen LogP contribution in [0.25, 0.3) is 0 Å². The number of hydrogen-bond donors (Lipinski definition) is 0. The van der Waals surface area contributed by atoms with Gasteiger partial charge in [0.1, 0.15) is 5.92 Å². The standard InChI is InChI=1S/C9H15NO3/c1-3-12-6-5-8(7-10)9(11)13-4-2/h8H,3-6H2,1-2H3. The van der Waals surface area contributed by atoms with E-state index in [9.17, 15) is 4.79 Å². The molecule has 0 bridgehead atoms. The first-order chi connectivity index (χ1) is 6.26. The fourth-order valence-electron chi connectivity index (χ4n) is 0.823. The Balaban J connectivity index is 3.76. The van der Waals surface area contributed by atoms with Gasteiger partial charge in [-0.25, -0.2) is 0 Å². The molecule has 13 heavy (non-hydrogen) atoms. The van der Waals surface area contributed by atoms with Gasteiger partial charge in [-0.3, -0.25) is 4.79 Å². The molecule has 0 rings (SSSR count). The van der Waals surface area contributed by atoms with Crippen molar-refractivity contribution in [2.75, 3.05) is 19.8 Å². The molecular weight excluding hydrogens is 170 g/mol. The van der Waals surface area contributed by atoms with Gasteiger partial charge in [-0.2, -0.15) is 5.26 Å². The molecule has 0 amide bonds. The average Bonchev–Trinajstić information content (AvgIpc) is 2.13. The van der Waals surface area contributed by atoms with E-state index < -0.39 is 11.9 Å². The highest BCUT2D eigenvalue weighted by atomic mass is 16.5. The van der Waals surface area contributed by atoms with Crippen LogP contribution in [0.1, 0.15) is 20.3 Å². The predicted octanol–water partition coefficient (Wildman–Crippen LogP) is 1.12.